The first-order chi connectivity index (χ1) is 6.50. The Morgan fingerprint density at radius 2 is 2.21 bits per heavy atom. The quantitative estimate of drug-likeness (QED) is 0.508. The van der Waals surface area contributed by atoms with Crippen molar-refractivity contribution in [3.63, 3.8) is 0 Å². The van der Waals surface area contributed by atoms with E-state index in [4.69, 9.17) is 11.1 Å². The summed E-state index contributed by atoms with van der Waals surface area (Å²) in [5.41, 5.74) is 5.42. The highest BCUT2D eigenvalue weighted by Gasteiger charge is 2.25. The molecular weight excluding hydrogens is 176 g/mol. The molecule has 0 bridgehead atoms. The van der Waals surface area contributed by atoms with Crippen LogP contribution in [0.1, 0.15) is 20.3 Å². The standard InChI is InChI=1S/C10H22N4/c1-8(6-10(11)12)14-5-4-13(3)7-9(14)2/h8-9H,4-7H2,1-3H3,(H3,11,12). The van der Waals surface area contributed by atoms with Crippen LogP contribution in [-0.2, 0) is 0 Å². The third kappa shape index (κ3) is 2.96. The minimum Gasteiger partial charge on any atom is -0.388 e. The molecular formula is C10H22N4. The van der Waals surface area contributed by atoms with Crippen LogP contribution in [0.5, 0.6) is 0 Å². The average molecular weight is 198 g/mol. The molecule has 0 aromatic heterocycles. The molecule has 2 unspecified atom stereocenters. The van der Waals surface area contributed by atoms with Gasteiger partial charge in [-0.1, -0.05) is 0 Å². The van der Waals surface area contributed by atoms with E-state index in [9.17, 15) is 0 Å². The lowest BCUT2D eigenvalue weighted by Crippen LogP contribution is -2.54. The molecule has 1 fully saturated rings. The van der Waals surface area contributed by atoms with Gasteiger partial charge in [0.05, 0.1) is 5.84 Å². The topological polar surface area (TPSA) is 56.4 Å². The molecule has 2 atom stereocenters. The minimum atomic E-state index is 0.295. The average Bonchev–Trinajstić information content (AvgIpc) is 2.01. The van der Waals surface area contributed by atoms with Crippen molar-refractivity contribution in [2.75, 3.05) is 26.7 Å². The Balaban J connectivity index is 2.46. The number of likely N-dealkylation sites (N-methyl/N-ethyl adjacent to an activating group) is 1. The summed E-state index contributed by atoms with van der Waals surface area (Å²) >= 11 is 0. The van der Waals surface area contributed by atoms with Crippen LogP contribution < -0.4 is 5.73 Å². The van der Waals surface area contributed by atoms with E-state index < -0.39 is 0 Å². The second-order valence-corrected chi connectivity index (χ2v) is 4.43. The molecule has 1 aliphatic rings. The lowest BCUT2D eigenvalue weighted by Gasteiger charge is -2.41. The SMILES string of the molecule is CC(CC(=N)N)N1CCN(C)CC1C. The molecule has 14 heavy (non-hydrogen) atoms. The first-order valence-electron chi connectivity index (χ1n) is 5.28. The lowest BCUT2D eigenvalue weighted by molar-refractivity contribution is 0.0700. The fraction of sp³-hybridized carbons (Fsp3) is 0.900. The summed E-state index contributed by atoms with van der Waals surface area (Å²) < 4.78 is 0. The Morgan fingerprint density at radius 1 is 1.57 bits per heavy atom. The number of amidine groups is 1. The molecule has 3 N–H and O–H groups in total. The molecule has 1 saturated heterocycles. The summed E-state index contributed by atoms with van der Waals surface area (Å²) in [4.78, 5) is 4.79. The van der Waals surface area contributed by atoms with Crippen LogP contribution in [0, 0.1) is 5.41 Å². The molecule has 82 valence electrons. The highest BCUT2D eigenvalue weighted by Crippen LogP contribution is 2.13. The van der Waals surface area contributed by atoms with Crippen LogP contribution in [0.4, 0.5) is 0 Å². The first kappa shape index (κ1) is 11.5. The summed E-state index contributed by atoms with van der Waals surface area (Å²) in [6.07, 6.45) is 0.689. The highest BCUT2D eigenvalue weighted by atomic mass is 15.3. The Kier molecular flexibility index (Phi) is 3.89. The van der Waals surface area contributed by atoms with Gasteiger partial charge in [-0.05, 0) is 20.9 Å². The second-order valence-electron chi connectivity index (χ2n) is 4.43. The van der Waals surface area contributed by atoms with Gasteiger partial charge in [-0.25, -0.2) is 0 Å². The number of nitrogens with one attached hydrogen (secondary N) is 1. The van der Waals surface area contributed by atoms with E-state index in [2.05, 4.69) is 30.7 Å². The van der Waals surface area contributed by atoms with E-state index in [1.807, 2.05) is 0 Å². The number of piperazine rings is 1. The molecule has 4 nitrogen and oxygen atoms in total. The predicted octanol–water partition coefficient (Wildman–Crippen LogP) is 0.337. The number of rotatable bonds is 3. The summed E-state index contributed by atoms with van der Waals surface area (Å²) in [6, 6.07) is 0.972. The minimum absolute atomic E-state index is 0.295. The maximum absolute atomic E-state index is 7.29. The van der Waals surface area contributed by atoms with E-state index in [0.717, 1.165) is 19.6 Å². The van der Waals surface area contributed by atoms with E-state index >= 15 is 0 Å². The lowest BCUT2D eigenvalue weighted by atomic mass is 10.1. The molecule has 0 amide bonds. The molecule has 0 spiro atoms. The van der Waals surface area contributed by atoms with Crippen molar-refractivity contribution in [2.24, 2.45) is 5.73 Å². The second kappa shape index (κ2) is 4.75. The zero-order valence-electron chi connectivity index (χ0n) is 9.45. The van der Waals surface area contributed by atoms with Gasteiger partial charge >= 0.3 is 0 Å². The van der Waals surface area contributed by atoms with Gasteiger partial charge in [0, 0.05) is 38.1 Å². The predicted molar refractivity (Wildman–Crippen MR) is 59.7 cm³/mol. The van der Waals surface area contributed by atoms with E-state index in [1.165, 1.54) is 0 Å². The zero-order chi connectivity index (χ0) is 10.7. The molecule has 0 radical (unpaired) electrons. The largest absolute Gasteiger partial charge is 0.388 e. The molecule has 1 aliphatic heterocycles. The number of hydrogen-bond acceptors (Lipinski definition) is 3. The molecule has 4 heteroatoms. The van der Waals surface area contributed by atoms with Crippen molar-refractivity contribution in [1.82, 2.24) is 9.80 Å². The molecule has 1 heterocycles. The first-order valence-corrected chi connectivity index (χ1v) is 5.28. The molecule has 0 aromatic carbocycles. The van der Waals surface area contributed by atoms with Crippen LogP contribution in [0.15, 0.2) is 0 Å². The fourth-order valence-electron chi connectivity index (χ4n) is 2.24. The van der Waals surface area contributed by atoms with Crippen molar-refractivity contribution in [3.05, 3.63) is 0 Å². The maximum Gasteiger partial charge on any atom is 0.0920 e. The number of hydrogen-bond donors (Lipinski definition) is 2. The number of nitrogens with zero attached hydrogens (tertiary/aromatic N) is 2. The summed E-state index contributed by atoms with van der Waals surface area (Å²) in [7, 11) is 2.16. The summed E-state index contributed by atoms with van der Waals surface area (Å²) in [5, 5.41) is 7.29. The van der Waals surface area contributed by atoms with E-state index in [-0.39, 0.29) is 0 Å². The van der Waals surface area contributed by atoms with Gasteiger partial charge in [0.1, 0.15) is 0 Å². The van der Waals surface area contributed by atoms with Crippen LogP contribution in [-0.4, -0.2) is 54.4 Å². The fourth-order valence-corrected chi connectivity index (χ4v) is 2.24. The Labute approximate surface area is 86.6 Å². The Morgan fingerprint density at radius 3 is 2.71 bits per heavy atom. The Hall–Kier alpha value is -0.610. The van der Waals surface area contributed by atoms with Crippen molar-refractivity contribution in [3.8, 4) is 0 Å². The third-order valence-electron chi connectivity index (χ3n) is 2.96. The molecule has 1 rings (SSSR count). The monoisotopic (exact) mass is 198 g/mol. The Bertz CT molecular complexity index is 204. The van der Waals surface area contributed by atoms with Crippen LogP contribution in [0.25, 0.3) is 0 Å². The van der Waals surface area contributed by atoms with Crippen molar-refractivity contribution in [2.45, 2.75) is 32.4 Å². The number of nitrogens with two attached hydrogens (primary N) is 1. The summed E-state index contributed by atoms with van der Waals surface area (Å²) in [6.45, 7) is 7.72. The van der Waals surface area contributed by atoms with Gasteiger partial charge in [-0.15, -0.1) is 0 Å². The molecule has 0 saturated carbocycles. The van der Waals surface area contributed by atoms with Gasteiger partial charge in [-0.2, -0.15) is 0 Å². The van der Waals surface area contributed by atoms with Crippen LogP contribution >= 0.6 is 0 Å². The van der Waals surface area contributed by atoms with Gasteiger partial charge in [0.25, 0.3) is 0 Å². The van der Waals surface area contributed by atoms with Gasteiger partial charge in [0.2, 0.25) is 0 Å². The highest BCUT2D eigenvalue weighted by molar-refractivity contribution is 5.77. The van der Waals surface area contributed by atoms with Crippen molar-refractivity contribution in [1.29, 1.82) is 5.41 Å². The maximum atomic E-state index is 7.29. The summed E-state index contributed by atoms with van der Waals surface area (Å²) in [5.74, 6) is 0.295. The normalized spacial score (nSPS) is 27.5. The van der Waals surface area contributed by atoms with Gasteiger partial charge in [-0.3, -0.25) is 10.3 Å². The van der Waals surface area contributed by atoms with Crippen LogP contribution in [0.3, 0.4) is 0 Å². The smallest absolute Gasteiger partial charge is 0.0920 e. The van der Waals surface area contributed by atoms with Crippen LogP contribution in [0.2, 0.25) is 0 Å². The van der Waals surface area contributed by atoms with Gasteiger partial charge < -0.3 is 10.6 Å². The van der Waals surface area contributed by atoms with E-state index in [0.29, 0.717) is 24.3 Å². The zero-order valence-corrected chi connectivity index (χ0v) is 9.45. The van der Waals surface area contributed by atoms with Crippen molar-refractivity contribution < 1.29 is 0 Å². The van der Waals surface area contributed by atoms with Gasteiger partial charge in [0.15, 0.2) is 0 Å². The molecule has 0 aliphatic carbocycles. The van der Waals surface area contributed by atoms with Crippen molar-refractivity contribution >= 4 is 5.84 Å². The molecule has 0 aromatic rings. The third-order valence-corrected chi connectivity index (χ3v) is 2.96. The van der Waals surface area contributed by atoms with E-state index in [1.54, 1.807) is 0 Å².